The van der Waals surface area contributed by atoms with Gasteiger partial charge < -0.3 is 0 Å². The van der Waals surface area contributed by atoms with E-state index < -0.39 is 0 Å². The number of carbonyl (C=O) groups excluding carboxylic acids is 1. The van der Waals surface area contributed by atoms with Gasteiger partial charge in [0.15, 0.2) is 5.12 Å². The minimum atomic E-state index is 0.200. The lowest BCUT2D eigenvalue weighted by molar-refractivity contribution is -0.109. The molecule has 0 N–H and O–H groups in total. The van der Waals surface area contributed by atoms with Gasteiger partial charge in [-0.3, -0.25) is 4.79 Å². The van der Waals surface area contributed by atoms with Gasteiger partial charge in [-0.2, -0.15) is 0 Å². The second kappa shape index (κ2) is 5.65. The third kappa shape index (κ3) is 4.67. The topological polar surface area (TPSA) is 17.1 Å². The number of aryl methyl sites for hydroxylation is 1. The maximum atomic E-state index is 10.6. The molecular formula is C10H11IOS. The van der Waals surface area contributed by atoms with Crippen LogP contribution in [0.3, 0.4) is 0 Å². The largest absolute Gasteiger partial charge is 0.288 e. The number of rotatable bonds is 3. The number of carbonyl (C=O) groups is 1. The van der Waals surface area contributed by atoms with E-state index in [4.69, 9.17) is 0 Å². The molecule has 0 bridgehead atoms. The molecule has 0 radical (unpaired) electrons. The molecule has 1 rings (SSSR count). The van der Waals surface area contributed by atoms with E-state index in [-0.39, 0.29) is 5.12 Å². The van der Waals surface area contributed by atoms with Gasteiger partial charge in [0.25, 0.3) is 0 Å². The molecule has 3 heteroatoms. The minimum absolute atomic E-state index is 0.200. The Morgan fingerprint density at radius 2 is 2.00 bits per heavy atom. The van der Waals surface area contributed by atoms with Crippen molar-refractivity contribution in [2.24, 2.45) is 0 Å². The van der Waals surface area contributed by atoms with Gasteiger partial charge in [0.2, 0.25) is 0 Å². The van der Waals surface area contributed by atoms with Crippen LogP contribution in [0.1, 0.15) is 12.5 Å². The Morgan fingerprint density at radius 3 is 2.54 bits per heavy atom. The Kier molecular flexibility index (Phi) is 4.80. The number of thioether (sulfide) groups is 1. The maximum Gasteiger partial charge on any atom is 0.185 e. The molecular weight excluding hydrogens is 295 g/mol. The number of hydrogen-bond acceptors (Lipinski definition) is 2. The van der Waals surface area contributed by atoms with Gasteiger partial charge in [0.05, 0.1) is 0 Å². The van der Waals surface area contributed by atoms with Crippen molar-refractivity contribution >= 4 is 39.5 Å². The highest BCUT2D eigenvalue weighted by Gasteiger charge is 1.96. The zero-order valence-electron chi connectivity index (χ0n) is 7.42. The van der Waals surface area contributed by atoms with Crippen LogP contribution in [0.5, 0.6) is 0 Å². The molecule has 0 aromatic heterocycles. The fourth-order valence-electron chi connectivity index (χ4n) is 0.964. The molecule has 13 heavy (non-hydrogen) atoms. The quantitative estimate of drug-likeness (QED) is 0.798. The molecule has 0 fully saturated rings. The molecule has 1 nitrogen and oxygen atoms in total. The molecule has 0 heterocycles. The van der Waals surface area contributed by atoms with Crippen LogP contribution in [0.15, 0.2) is 24.3 Å². The van der Waals surface area contributed by atoms with E-state index in [0.717, 1.165) is 12.2 Å². The van der Waals surface area contributed by atoms with Crippen LogP contribution in [-0.2, 0) is 11.2 Å². The molecule has 0 unspecified atom stereocenters. The Balaban J connectivity index is 2.37. The molecule has 0 aliphatic rings. The second-order valence-corrected chi connectivity index (χ2v) is 5.23. The summed E-state index contributed by atoms with van der Waals surface area (Å²) in [6, 6.07) is 8.41. The first-order valence-electron chi connectivity index (χ1n) is 4.06. The highest BCUT2D eigenvalue weighted by molar-refractivity contribution is 14.1. The molecule has 0 spiro atoms. The van der Waals surface area contributed by atoms with E-state index in [2.05, 4.69) is 46.9 Å². The molecule has 0 saturated heterocycles. The number of hydrogen-bond donors (Lipinski definition) is 0. The maximum absolute atomic E-state index is 10.6. The summed E-state index contributed by atoms with van der Waals surface area (Å²) in [5.74, 6) is 0.885. The predicted octanol–water partition coefficient (Wildman–Crippen LogP) is 3.11. The van der Waals surface area contributed by atoms with E-state index in [0.29, 0.717) is 0 Å². The van der Waals surface area contributed by atoms with Crippen molar-refractivity contribution in [3.8, 4) is 0 Å². The van der Waals surface area contributed by atoms with Crippen LogP contribution < -0.4 is 0 Å². The van der Waals surface area contributed by atoms with Crippen molar-refractivity contribution < 1.29 is 4.79 Å². The Labute approximate surface area is 96.4 Å². The summed E-state index contributed by atoms with van der Waals surface area (Å²) < 4.78 is 1.25. The van der Waals surface area contributed by atoms with Crippen LogP contribution in [0, 0.1) is 3.57 Å². The van der Waals surface area contributed by atoms with E-state index in [1.165, 1.54) is 20.9 Å². The summed E-state index contributed by atoms with van der Waals surface area (Å²) in [7, 11) is 0. The SMILES string of the molecule is CC(=O)SCCc1ccc(I)cc1. The van der Waals surface area contributed by atoms with Crippen molar-refractivity contribution in [3.63, 3.8) is 0 Å². The van der Waals surface area contributed by atoms with Gasteiger partial charge in [-0.15, -0.1) is 0 Å². The van der Waals surface area contributed by atoms with Gasteiger partial charge in [-0.1, -0.05) is 23.9 Å². The summed E-state index contributed by atoms with van der Waals surface area (Å²) in [4.78, 5) is 10.6. The molecule has 0 atom stereocenters. The molecule has 0 aliphatic heterocycles. The van der Waals surface area contributed by atoms with Crippen molar-refractivity contribution in [1.82, 2.24) is 0 Å². The number of halogens is 1. The zero-order valence-corrected chi connectivity index (χ0v) is 10.4. The highest BCUT2D eigenvalue weighted by Crippen LogP contribution is 2.10. The first kappa shape index (κ1) is 11.0. The van der Waals surface area contributed by atoms with Crippen molar-refractivity contribution in [2.45, 2.75) is 13.3 Å². The average Bonchev–Trinajstić information content (AvgIpc) is 2.08. The van der Waals surface area contributed by atoms with Gasteiger partial charge in [0.1, 0.15) is 0 Å². The molecule has 0 saturated carbocycles. The third-order valence-corrected chi connectivity index (χ3v) is 3.14. The highest BCUT2D eigenvalue weighted by atomic mass is 127. The van der Waals surface area contributed by atoms with Gasteiger partial charge in [0, 0.05) is 16.2 Å². The summed E-state index contributed by atoms with van der Waals surface area (Å²) >= 11 is 3.68. The zero-order chi connectivity index (χ0) is 9.68. The van der Waals surface area contributed by atoms with Gasteiger partial charge >= 0.3 is 0 Å². The fraction of sp³-hybridized carbons (Fsp3) is 0.300. The lowest BCUT2D eigenvalue weighted by Crippen LogP contribution is -1.91. The van der Waals surface area contributed by atoms with E-state index in [9.17, 15) is 4.79 Å². The summed E-state index contributed by atoms with van der Waals surface area (Å²) in [6.07, 6.45) is 0.973. The monoisotopic (exact) mass is 306 g/mol. The van der Waals surface area contributed by atoms with E-state index in [1.54, 1.807) is 6.92 Å². The van der Waals surface area contributed by atoms with Crippen molar-refractivity contribution in [1.29, 1.82) is 0 Å². The van der Waals surface area contributed by atoms with Crippen LogP contribution >= 0.6 is 34.4 Å². The molecule has 0 aliphatic carbocycles. The van der Waals surface area contributed by atoms with E-state index >= 15 is 0 Å². The molecule has 1 aromatic carbocycles. The van der Waals surface area contributed by atoms with Gasteiger partial charge in [-0.25, -0.2) is 0 Å². The van der Waals surface area contributed by atoms with E-state index in [1.807, 2.05) is 0 Å². The third-order valence-electron chi connectivity index (χ3n) is 1.61. The Hall–Kier alpha value is -0.0300. The van der Waals surface area contributed by atoms with Gasteiger partial charge in [-0.05, 0) is 46.7 Å². The van der Waals surface area contributed by atoms with Crippen LogP contribution in [-0.4, -0.2) is 10.9 Å². The van der Waals surface area contributed by atoms with Crippen molar-refractivity contribution in [3.05, 3.63) is 33.4 Å². The predicted molar refractivity (Wildman–Crippen MR) is 66.0 cm³/mol. The molecule has 70 valence electrons. The lowest BCUT2D eigenvalue weighted by Gasteiger charge is -1.99. The number of benzene rings is 1. The van der Waals surface area contributed by atoms with Crippen LogP contribution in [0.4, 0.5) is 0 Å². The van der Waals surface area contributed by atoms with Crippen molar-refractivity contribution in [2.75, 3.05) is 5.75 Å². The van der Waals surface area contributed by atoms with Crippen LogP contribution in [0.25, 0.3) is 0 Å². The normalized spacial score (nSPS) is 10.0. The minimum Gasteiger partial charge on any atom is -0.288 e. The fourth-order valence-corrected chi connectivity index (χ4v) is 1.95. The Bertz CT molecular complexity index is 281. The Morgan fingerprint density at radius 1 is 1.38 bits per heavy atom. The first-order valence-corrected chi connectivity index (χ1v) is 6.13. The standard InChI is InChI=1S/C10H11IOS/c1-8(12)13-7-6-9-2-4-10(11)5-3-9/h2-5H,6-7H2,1H3. The summed E-state index contributed by atoms with van der Waals surface area (Å²) in [6.45, 7) is 1.61. The average molecular weight is 306 g/mol. The molecule has 0 amide bonds. The summed E-state index contributed by atoms with van der Waals surface area (Å²) in [5, 5.41) is 0.200. The summed E-state index contributed by atoms with van der Waals surface area (Å²) in [5.41, 5.74) is 1.30. The van der Waals surface area contributed by atoms with Crippen LogP contribution in [0.2, 0.25) is 0 Å². The first-order chi connectivity index (χ1) is 6.18. The lowest BCUT2D eigenvalue weighted by atomic mass is 10.2. The molecule has 1 aromatic rings. The second-order valence-electron chi connectivity index (χ2n) is 2.72. The smallest absolute Gasteiger partial charge is 0.185 e.